The van der Waals surface area contributed by atoms with E-state index >= 15 is 0 Å². The van der Waals surface area contributed by atoms with Crippen LogP contribution in [0.5, 0.6) is 0 Å². The van der Waals surface area contributed by atoms with E-state index in [1.807, 2.05) is 103 Å². The molecule has 226 valence electrons. The van der Waals surface area contributed by atoms with Crippen molar-refractivity contribution in [2.45, 2.75) is 26.1 Å². The molecule has 6 aromatic rings. The lowest BCUT2D eigenvalue weighted by Gasteiger charge is -2.22. The minimum Gasteiger partial charge on any atom is -0.449 e. The van der Waals surface area contributed by atoms with Gasteiger partial charge in [0.2, 0.25) is 0 Å². The Morgan fingerprint density at radius 3 is 1.33 bits per heavy atom. The molecule has 5 heteroatoms. The van der Waals surface area contributed by atoms with E-state index < -0.39 is 24.1 Å². The molecular formula is C41H33NO4. The molecule has 0 aliphatic carbocycles. The molecule has 2 unspecified atom stereocenters. The molecule has 0 spiro atoms. The minimum atomic E-state index is -0.649. The Hall–Kier alpha value is -5.81. The SMILES string of the molecule is C=C(C)C(=O)OC(c1ccccc1)c1ccc2nc3ccc(C(OC(=O)C(=C)C)c4ccccc4)cc3c(-c3ccccc3)c2c1. The highest BCUT2D eigenvalue weighted by Crippen LogP contribution is 2.39. The Bertz CT molecular complexity index is 1960. The van der Waals surface area contributed by atoms with Crippen LogP contribution in [-0.4, -0.2) is 16.9 Å². The zero-order valence-electron chi connectivity index (χ0n) is 25.8. The van der Waals surface area contributed by atoms with E-state index in [1.165, 1.54) is 0 Å². The van der Waals surface area contributed by atoms with Crippen molar-refractivity contribution in [2.75, 3.05) is 0 Å². The van der Waals surface area contributed by atoms with Crippen molar-refractivity contribution in [3.05, 3.63) is 174 Å². The van der Waals surface area contributed by atoms with Gasteiger partial charge in [-0.15, -0.1) is 0 Å². The number of fused-ring (bicyclic) bond motifs is 2. The lowest BCUT2D eigenvalue weighted by atomic mass is 9.91. The summed E-state index contributed by atoms with van der Waals surface area (Å²) in [7, 11) is 0. The molecule has 0 saturated heterocycles. The first kappa shape index (κ1) is 30.2. The number of carbonyl (C=O) groups is 2. The maximum Gasteiger partial charge on any atom is 0.334 e. The molecular weight excluding hydrogens is 570 g/mol. The third kappa shape index (κ3) is 6.21. The van der Waals surface area contributed by atoms with Gasteiger partial charge in [0.1, 0.15) is 0 Å². The van der Waals surface area contributed by atoms with Crippen LogP contribution in [0.2, 0.25) is 0 Å². The van der Waals surface area contributed by atoms with Gasteiger partial charge in [0, 0.05) is 27.5 Å². The van der Waals surface area contributed by atoms with Crippen molar-refractivity contribution in [3.63, 3.8) is 0 Å². The summed E-state index contributed by atoms with van der Waals surface area (Å²) >= 11 is 0. The molecule has 0 saturated carbocycles. The van der Waals surface area contributed by atoms with Gasteiger partial charge in [0.25, 0.3) is 0 Å². The Kier molecular flexibility index (Phi) is 8.57. The van der Waals surface area contributed by atoms with Crippen LogP contribution < -0.4 is 0 Å². The van der Waals surface area contributed by atoms with Gasteiger partial charge in [0.15, 0.2) is 12.2 Å². The molecule has 0 aliphatic heterocycles. The fraction of sp³-hybridized carbons (Fsp3) is 0.0976. The van der Waals surface area contributed by atoms with Gasteiger partial charge in [-0.2, -0.15) is 0 Å². The van der Waals surface area contributed by atoms with Crippen LogP contribution >= 0.6 is 0 Å². The van der Waals surface area contributed by atoms with Crippen molar-refractivity contribution in [1.82, 2.24) is 4.98 Å². The van der Waals surface area contributed by atoms with Crippen molar-refractivity contribution in [3.8, 4) is 11.1 Å². The highest BCUT2D eigenvalue weighted by molar-refractivity contribution is 6.10. The second-order valence-electron chi connectivity index (χ2n) is 11.4. The summed E-state index contributed by atoms with van der Waals surface area (Å²) in [6.07, 6.45) is -1.30. The zero-order chi connectivity index (χ0) is 32.2. The molecule has 0 bridgehead atoms. The minimum absolute atomic E-state index is 0.326. The largest absolute Gasteiger partial charge is 0.449 e. The van der Waals surface area contributed by atoms with E-state index in [0.29, 0.717) is 11.1 Å². The van der Waals surface area contributed by atoms with Crippen LogP contribution in [0.25, 0.3) is 32.9 Å². The monoisotopic (exact) mass is 603 g/mol. The average Bonchev–Trinajstić information content (AvgIpc) is 3.09. The number of carbonyl (C=O) groups excluding carboxylic acids is 2. The number of esters is 2. The topological polar surface area (TPSA) is 65.5 Å². The summed E-state index contributed by atoms with van der Waals surface area (Å²) in [4.78, 5) is 30.6. The summed E-state index contributed by atoms with van der Waals surface area (Å²) in [5.74, 6) is -0.926. The average molecular weight is 604 g/mol. The molecule has 46 heavy (non-hydrogen) atoms. The summed E-state index contributed by atoms with van der Waals surface area (Å²) < 4.78 is 12.0. The first-order valence-corrected chi connectivity index (χ1v) is 15.1. The van der Waals surface area contributed by atoms with Crippen molar-refractivity contribution >= 4 is 33.7 Å². The number of hydrogen-bond acceptors (Lipinski definition) is 5. The van der Waals surface area contributed by atoms with E-state index in [1.54, 1.807) is 13.8 Å². The lowest BCUT2D eigenvalue weighted by Crippen LogP contribution is -2.13. The van der Waals surface area contributed by atoms with Crippen molar-refractivity contribution < 1.29 is 19.1 Å². The molecule has 0 N–H and O–H groups in total. The van der Waals surface area contributed by atoms with Gasteiger partial charge in [-0.25, -0.2) is 14.6 Å². The van der Waals surface area contributed by atoms with Gasteiger partial charge in [-0.1, -0.05) is 116 Å². The third-order valence-corrected chi connectivity index (χ3v) is 7.84. The second-order valence-corrected chi connectivity index (χ2v) is 11.4. The maximum absolute atomic E-state index is 12.8. The second kappa shape index (κ2) is 13.0. The molecule has 0 aliphatic rings. The Morgan fingerprint density at radius 2 is 0.935 bits per heavy atom. The molecule has 1 heterocycles. The van der Waals surface area contributed by atoms with Gasteiger partial charge in [-0.3, -0.25) is 0 Å². The van der Waals surface area contributed by atoms with Crippen molar-refractivity contribution in [1.29, 1.82) is 0 Å². The molecule has 6 rings (SSSR count). The fourth-order valence-corrected chi connectivity index (χ4v) is 5.55. The van der Waals surface area contributed by atoms with E-state index in [2.05, 4.69) is 37.4 Å². The molecule has 0 fully saturated rings. The van der Waals surface area contributed by atoms with E-state index in [0.717, 1.165) is 55.2 Å². The van der Waals surface area contributed by atoms with Crippen LogP contribution in [0.15, 0.2) is 152 Å². The molecule has 5 aromatic carbocycles. The highest BCUT2D eigenvalue weighted by atomic mass is 16.5. The summed E-state index contributed by atoms with van der Waals surface area (Å²) in [5, 5.41) is 1.80. The van der Waals surface area contributed by atoms with Crippen LogP contribution in [0, 0.1) is 0 Å². The Morgan fingerprint density at radius 1 is 0.543 bits per heavy atom. The zero-order valence-corrected chi connectivity index (χ0v) is 25.8. The number of benzene rings is 5. The Balaban J connectivity index is 1.59. The molecule has 5 nitrogen and oxygen atoms in total. The van der Waals surface area contributed by atoms with Crippen LogP contribution in [0.4, 0.5) is 0 Å². The van der Waals surface area contributed by atoms with Gasteiger partial charge < -0.3 is 9.47 Å². The predicted octanol–water partition coefficient (Wildman–Crippen LogP) is 9.47. The van der Waals surface area contributed by atoms with Crippen LogP contribution in [0.3, 0.4) is 0 Å². The smallest absolute Gasteiger partial charge is 0.334 e. The number of rotatable bonds is 9. The molecule has 0 radical (unpaired) electrons. The number of ether oxygens (including phenoxy) is 2. The number of hydrogen-bond donors (Lipinski definition) is 0. The first-order valence-electron chi connectivity index (χ1n) is 15.1. The summed E-state index contributed by atoms with van der Waals surface area (Å²) in [5.41, 5.74) is 7.53. The van der Waals surface area contributed by atoms with Gasteiger partial charge in [0.05, 0.1) is 11.0 Å². The van der Waals surface area contributed by atoms with Crippen LogP contribution in [-0.2, 0) is 19.1 Å². The van der Waals surface area contributed by atoms with Gasteiger partial charge in [-0.05, 0) is 65.9 Å². The standard InChI is InChI=1S/C41H33NO4/c1-26(2)40(43)45-38(29-16-10-6-11-17-29)31-20-22-35-33(24-31)37(28-14-8-5-9-15-28)34-25-32(21-23-36(34)42-35)39(46-41(44)27(3)4)30-18-12-7-13-19-30/h5-25,38-39H,1,3H2,2,4H3. The number of pyridine rings is 1. The fourth-order valence-electron chi connectivity index (χ4n) is 5.55. The molecule has 2 atom stereocenters. The molecule has 0 amide bonds. The maximum atomic E-state index is 12.8. The number of aromatic nitrogens is 1. The van der Waals surface area contributed by atoms with Crippen molar-refractivity contribution in [2.24, 2.45) is 0 Å². The molecule has 1 aromatic heterocycles. The third-order valence-electron chi connectivity index (χ3n) is 7.84. The Labute approximate surface area is 268 Å². The van der Waals surface area contributed by atoms with E-state index in [9.17, 15) is 9.59 Å². The summed E-state index contributed by atoms with van der Waals surface area (Å²) in [6.45, 7) is 10.9. The normalized spacial score (nSPS) is 12.3. The quantitative estimate of drug-likeness (QED) is 0.0936. The first-order chi connectivity index (χ1) is 22.3. The van der Waals surface area contributed by atoms with Crippen LogP contribution in [0.1, 0.15) is 48.3 Å². The van der Waals surface area contributed by atoms with Gasteiger partial charge >= 0.3 is 11.9 Å². The summed E-state index contributed by atoms with van der Waals surface area (Å²) in [6, 6.07) is 41.4. The van der Waals surface area contributed by atoms with E-state index in [-0.39, 0.29) is 0 Å². The lowest BCUT2D eigenvalue weighted by molar-refractivity contribution is -0.143. The van der Waals surface area contributed by atoms with E-state index in [4.69, 9.17) is 14.5 Å². The highest BCUT2D eigenvalue weighted by Gasteiger charge is 2.24. The predicted molar refractivity (Wildman–Crippen MR) is 183 cm³/mol. The number of nitrogens with zero attached hydrogens (tertiary/aromatic N) is 1.